The molecule has 0 unspecified atom stereocenters. The van der Waals surface area contributed by atoms with Gasteiger partial charge in [0.2, 0.25) is 5.89 Å². The molecule has 0 aliphatic rings. The number of hydrogen-bond donors (Lipinski definition) is 0. The highest BCUT2D eigenvalue weighted by molar-refractivity contribution is 7.98. The molecule has 0 bridgehead atoms. The monoisotopic (exact) mass is 380 g/mol. The molecule has 0 spiro atoms. The van der Waals surface area contributed by atoms with Gasteiger partial charge in [0, 0.05) is 24.1 Å². The molecule has 0 saturated heterocycles. The lowest BCUT2D eigenvalue weighted by Crippen LogP contribution is -2.11. The minimum absolute atomic E-state index is 0.154. The third-order valence-corrected chi connectivity index (χ3v) is 4.84. The molecule has 2 aromatic heterocycles. The normalized spacial score (nSPS) is 12.2. The number of nitrogens with zero attached hydrogens (tertiary/aromatic N) is 4. The zero-order valence-corrected chi connectivity index (χ0v) is 16.3. The molecule has 0 aliphatic carbocycles. The number of aromatic nitrogens is 4. The zero-order valence-electron chi connectivity index (χ0n) is 14.7. The fourth-order valence-corrected chi connectivity index (χ4v) is 3.39. The van der Waals surface area contributed by atoms with Gasteiger partial charge in [-0.15, -0.1) is 0 Å². The maximum absolute atomic E-state index is 6.09. The molecule has 0 saturated carbocycles. The van der Waals surface area contributed by atoms with Gasteiger partial charge in [-0.3, -0.25) is 0 Å². The van der Waals surface area contributed by atoms with Crippen molar-refractivity contribution in [1.82, 2.24) is 19.7 Å². The van der Waals surface area contributed by atoms with E-state index in [2.05, 4.69) is 14.7 Å². The van der Waals surface area contributed by atoms with Crippen molar-refractivity contribution >= 4 is 34.4 Å². The first kappa shape index (κ1) is 18.2. The summed E-state index contributed by atoms with van der Waals surface area (Å²) >= 11 is 7.66. The maximum Gasteiger partial charge on any atom is 0.232 e. The minimum atomic E-state index is -0.154. The van der Waals surface area contributed by atoms with E-state index in [0.29, 0.717) is 29.1 Å². The zero-order chi connectivity index (χ0) is 18.0. The van der Waals surface area contributed by atoms with Gasteiger partial charge in [0.1, 0.15) is 0 Å². The molecule has 0 atom stereocenters. The average molecular weight is 381 g/mol. The smallest absolute Gasteiger partial charge is 0.232 e. The predicted molar refractivity (Wildman–Crippen MR) is 99.2 cm³/mol. The van der Waals surface area contributed by atoms with Crippen molar-refractivity contribution in [1.29, 1.82) is 0 Å². The Morgan fingerprint density at radius 2 is 2.08 bits per heavy atom. The Morgan fingerprint density at radius 1 is 1.28 bits per heavy atom. The van der Waals surface area contributed by atoms with E-state index in [-0.39, 0.29) is 5.41 Å². The highest BCUT2D eigenvalue weighted by atomic mass is 35.5. The van der Waals surface area contributed by atoms with E-state index in [1.165, 1.54) is 0 Å². The van der Waals surface area contributed by atoms with Crippen LogP contribution in [0.5, 0.6) is 0 Å². The van der Waals surface area contributed by atoms with Crippen molar-refractivity contribution in [2.45, 2.75) is 43.6 Å². The second-order valence-corrected chi connectivity index (χ2v) is 8.11. The molecule has 134 valence electrons. The topological polar surface area (TPSA) is 66.0 Å². The van der Waals surface area contributed by atoms with Gasteiger partial charge < -0.3 is 13.8 Å². The van der Waals surface area contributed by atoms with Gasteiger partial charge in [0.15, 0.2) is 11.0 Å². The summed E-state index contributed by atoms with van der Waals surface area (Å²) in [4.78, 5) is 9.17. The third kappa shape index (κ3) is 4.16. The Labute approximate surface area is 155 Å². The highest BCUT2D eigenvalue weighted by Crippen LogP contribution is 2.28. The molecule has 8 heteroatoms. The highest BCUT2D eigenvalue weighted by Gasteiger charge is 2.22. The predicted octanol–water partition coefficient (Wildman–Crippen LogP) is 4.31. The number of thioether (sulfide) groups is 1. The molecule has 1 aromatic carbocycles. The van der Waals surface area contributed by atoms with Crippen LogP contribution in [0.2, 0.25) is 5.02 Å². The van der Waals surface area contributed by atoms with Crippen LogP contribution in [0.3, 0.4) is 0 Å². The number of halogens is 1. The molecule has 3 aromatic rings. The Hall–Kier alpha value is -1.57. The van der Waals surface area contributed by atoms with E-state index >= 15 is 0 Å². The second kappa shape index (κ2) is 7.35. The van der Waals surface area contributed by atoms with Crippen LogP contribution in [-0.4, -0.2) is 33.4 Å². The number of benzene rings is 1. The lowest BCUT2D eigenvalue weighted by atomic mass is 9.97. The van der Waals surface area contributed by atoms with Gasteiger partial charge in [-0.2, -0.15) is 4.98 Å². The number of rotatable bonds is 6. The van der Waals surface area contributed by atoms with Crippen molar-refractivity contribution in [2.24, 2.45) is 0 Å². The molecule has 0 N–H and O–H groups in total. The molecule has 2 heterocycles. The van der Waals surface area contributed by atoms with Gasteiger partial charge in [-0.25, -0.2) is 4.98 Å². The van der Waals surface area contributed by atoms with Crippen molar-refractivity contribution in [3.05, 3.63) is 34.9 Å². The number of fused-ring (bicyclic) bond motifs is 1. The van der Waals surface area contributed by atoms with Gasteiger partial charge in [-0.05, 0) is 18.2 Å². The lowest BCUT2D eigenvalue weighted by Gasteiger charge is -2.10. The van der Waals surface area contributed by atoms with Crippen LogP contribution in [0.4, 0.5) is 0 Å². The molecule has 0 fully saturated rings. The van der Waals surface area contributed by atoms with Crippen molar-refractivity contribution in [3.63, 3.8) is 0 Å². The summed E-state index contributed by atoms with van der Waals surface area (Å²) in [6, 6.07) is 5.73. The SMILES string of the molecule is COCCn1c(SCc2noc(C(C)(C)C)n2)nc2cc(Cl)ccc21. The number of hydrogen-bond acceptors (Lipinski definition) is 6. The Balaban J connectivity index is 1.83. The second-order valence-electron chi connectivity index (χ2n) is 6.73. The first-order valence-electron chi connectivity index (χ1n) is 7.99. The van der Waals surface area contributed by atoms with Crippen molar-refractivity contribution < 1.29 is 9.26 Å². The van der Waals surface area contributed by atoms with Crippen molar-refractivity contribution in [2.75, 3.05) is 13.7 Å². The molecular formula is C17H21ClN4O2S. The van der Waals surface area contributed by atoms with Crippen LogP contribution < -0.4 is 0 Å². The first-order valence-corrected chi connectivity index (χ1v) is 9.35. The summed E-state index contributed by atoms with van der Waals surface area (Å²) in [5.41, 5.74) is 1.75. The Kier molecular flexibility index (Phi) is 5.36. The summed E-state index contributed by atoms with van der Waals surface area (Å²) < 4.78 is 12.7. The number of imidazole rings is 1. The van der Waals surface area contributed by atoms with Gasteiger partial charge >= 0.3 is 0 Å². The minimum Gasteiger partial charge on any atom is -0.383 e. The summed E-state index contributed by atoms with van der Waals surface area (Å²) in [6.07, 6.45) is 0. The van der Waals surface area contributed by atoms with Crippen LogP contribution in [-0.2, 0) is 22.4 Å². The van der Waals surface area contributed by atoms with E-state index < -0.39 is 0 Å². The third-order valence-electron chi connectivity index (χ3n) is 3.63. The van der Waals surface area contributed by atoms with Crippen LogP contribution in [0, 0.1) is 0 Å². The Morgan fingerprint density at radius 3 is 2.76 bits per heavy atom. The van der Waals surface area contributed by atoms with Gasteiger partial charge in [0.25, 0.3) is 0 Å². The fraction of sp³-hybridized carbons (Fsp3) is 0.471. The fourth-order valence-electron chi connectivity index (χ4n) is 2.34. The molecule has 0 aliphatic heterocycles. The van der Waals surface area contributed by atoms with E-state index in [1.807, 2.05) is 39.0 Å². The number of methoxy groups -OCH3 is 1. The standard InChI is InChI=1S/C17H21ClN4O2S/c1-17(2,3)15-20-14(21-24-15)10-25-16-19-12-9-11(18)5-6-13(12)22(16)7-8-23-4/h5-6,9H,7-8,10H2,1-4H3. The average Bonchev–Trinajstić information content (AvgIpc) is 3.14. The molecular weight excluding hydrogens is 360 g/mol. The molecule has 3 rings (SSSR count). The number of ether oxygens (including phenoxy) is 1. The van der Waals surface area contributed by atoms with Crippen LogP contribution in [0.25, 0.3) is 11.0 Å². The largest absolute Gasteiger partial charge is 0.383 e. The quantitative estimate of drug-likeness (QED) is 0.593. The van der Waals surface area contributed by atoms with Gasteiger partial charge in [0.05, 0.1) is 23.4 Å². The van der Waals surface area contributed by atoms with E-state index in [4.69, 9.17) is 25.8 Å². The molecule has 0 amide bonds. The molecule has 6 nitrogen and oxygen atoms in total. The van der Waals surface area contributed by atoms with Crippen LogP contribution >= 0.6 is 23.4 Å². The molecule has 25 heavy (non-hydrogen) atoms. The Bertz CT molecular complexity index is 869. The van der Waals surface area contributed by atoms with E-state index in [1.54, 1.807) is 18.9 Å². The summed E-state index contributed by atoms with van der Waals surface area (Å²) in [7, 11) is 1.69. The van der Waals surface area contributed by atoms with E-state index in [0.717, 1.165) is 22.7 Å². The maximum atomic E-state index is 6.09. The first-order chi connectivity index (χ1) is 11.9. The van der Waals surface area contributed by atoms with Crippen molar-refractivity contribution in [3.8, 4) is 0 Å². The summed E-state index contributed by atoms with van der Waals surface area (Å²) in [6.45, 7) is 7.47. The summed E-state index contributed by atoms with van der Waals surface area (Å²) in [5.74, 6) is 1.89. The van der Waals surface area contributed by atoms with Crippen LogP contribution in [0.1, 0.15) is 32.5 Å². The van der Waals surface area contributed by atoms with E-state index in [9.17, 15) is 0 Å². The molecule has 0 radical (unpaired) electrons. The summed E-state index contributed by atoms with van der Waals surface area (Å²) in [5, 5.41) is 5.63. The lowest BCUT2D eigenvalue weighted by molar-refractivity contribution is 0.186. The van der Waals surface area contributed by atoms with Crippen LogP contribution in [0.15, 0.2) is 27.9 Å². The van der Waals surface area contributed by atoms with Gasteiger partial charge in [-0.1, -0.05) is 49.3 Å².